The highest BCUT2D eigenvalue weighted by Gasteiger charge is 2.37. The molecule has 0 aromatic heterocycles. The minimum absolute atomic E-state index is 0.0150. The first-order chi connectivity index (χ1) is 14.4. The van der Waals surface area contributed by atoms with Crippen LogP contribution >= 0.6 is 0 Å². The summed E-state index contributed by atoms with van der Waals surface area (Å²) in [6, 6.07) is 4.59. The number of hydrogen-bond donors (Lipinski definition) is 2. The first kappa shape index (κ1) is 22.7. The van der Waals surface area contributed by atoms with E-state index in [-0.39, 0.29) is 53.6 Å². The van der Waals surface area contributed by atoms with Crippen LogP contribution in [0.15, 0.2) is 29.4 Å². The van der Waals surface area contributed by atoms with Gasteiger partial charge in [-0.1, -0.05) is 0 Å². The summed E-state index contributed by atoms with van der Waals surface area (Å²) in [6.07, 6.45) is -4.17. The van der Waals surface area contributed by atoms with Gasteiger partial charge >= 0.3 is 6.18 Å². The maximum Gasteiger partial charge on any atom is 0.405 e. The number of hydrogen-bond acceptors (Lipinski definition) is 6. The van der Waals surface area contributed by atoms with Crippen LogP contribution in [0.3, 0.4) is 0 Å². The third-order valence-electron chi connectivity index (χ3n) is 4.73. The quantitative estimate of drug-likeness (QED) is 0.681. The molecule has 3 rings (SSSR count). The van der Waals surface area contributed by atoms with E-state index in [1.165, 1.54) is 24.3 Å². The summed E-state index contributed by atoms with van der Waals surface area (Å²) in [7, 11) is -3.24. The predicted octanol–water partition coefficient (Wildman–Crippen LogP) is 1.08. The second-order valence-corrected chi connectivity index (χ2v) is 9.40. The molecule has 1 aromatic rings. The Hall–Kier alpha value is -2.96. The van der Waals surface area contributed by atoms with Gasteiger partial charge in [-0.2, -0.15) is 18.3 Å². The molecule has 13 heteroatoms. The van der Waals surface area contributed by atoms with E-state index in [0.717, 1.165) is 5.01 Å². The van der Waals surface area contributed by atoms with E-state index in [1.807, 2.05) is 0 Å². The van der Waals surface area contributed by atoms with Gasteiger partial charge in [-0.15, -0.1) is 0 Å². The van der Waals surface area contributed by atoms with Crippen LogP contribution in [0.1, 0.15) is 29.6 Å². The average Bonchev–Trinajstić information content (AvgIpc) is 3.06. The Labute approximate surface area is 175 Å². The van der Waals surface area contributed by atoms with Crippen molar-refractivity contribution in [1.82, 2.24) is 10.3 Å². The third kappa shape index (κ3) is 6.03. The van der Waals surface area contributed by atoms with Gasteiger partial charge in [0, 0.05) is 24.1 Å². The molecule has 1 atom stereocenters. The lowest BCUT2D eigenvalue weighted by molar-refractivity contribution is -0.133. The van der Waals surface area contributed by atoms with Crippen molar-refractivity contribution in [2.45, 2.75) is 31.5 Å². The zero-order valence-corrected chi connectivity index (χ0v) is 16.9. The number of alkyl halides is 3. The molecule has 9 nitrogen and oxygen atoms in total. The summed E-state index contributed by atoms with van der Waals surface area (Å²) in [6.45, 7) is -1.46. The fourth-order valence-corrected chi connectivity index (χ4v) is 4.87. The van der Waals surface area contributed by atoms with E-state index >= 15 is 0 Å². The molecule has 2 heterocycles. The molecular weight excluding hydrogens is 441 g/mol. The maximum atomic E-state index is 12.5. The fourth-order valence-electron chi connectivity index (χ4n) is 3.18. The molecule has 1 saturated heterocycles. The molecule has 2 aliphatic heterocycles. The Kier molecular flexibility index (Phi) is 6.34. The topological polar surface area (TPSA) is 125 Å². The van der Waals surface area contributed by atoms with Crippen molar-refractivity contribution in [1.29, 1.82) is 0 Å². The summed E-state index contributed by atoms with van der Waals surface area (Å²) >= 11 is 0. The van der Waals surface area contributed by atoms with E-state index in [1.54, 1.807) is 5.32 Å². The molecule has 1 aromatic carbocycles. The Morgan fingerprint density at radius 2 is 1.81 bits per heavy atom. The molecule has 1 unspecified atom stereocenters. The van der Waals surface area contributed by atoms with Gasteiger partial charge in [0.25, 0.3) is 11.8 Å². The normalized spacial score (nSPS) is 20.9. The van der Waals surface area contributed by atoms with Crippen molar-refractivity contribution in [2.75, 3.05) is 23.4 Å². The second-order valence-electron chi connectivity index (χ2n) is 7.17. The van der Waals surface area contributed by atoms with Crippen molar-refractivity contribution in [3.8, 4) is 0 Å². The zero-order valence-electron chi connectivity index (χ0n) is 16.1. The van der Waals surface area contributed by atoms with Gasteiger partial charge in [-0.05, 0) is 30.7 Å². The summed E-state index contributed by atoms with van der Waals surface area (Å²) in [5.41, 5.74) is 0.305. The molecule has 31 heavy (non-hydrogen) atoms. The molecule has 0 saturated carbocycles. The Balaban J connectivity index is 1.63. The van der Waals surface area contributed by atoms with Crippen molar-refractivity contribution in [3.63, 3.8) is 0 Å². The Morgan fingerprint density at radius 3 is 2.39 bits per heavy atom. The smallest absolute Gasteiger partial charge is 0.343 e. The van der Waals surface area contributed by atoms with Crippen LogP contribution in [0.2, 0.25) is 0 Å². The molecule has 168 valence electrons. The van der Waals surface area contributed by atoms with E-state index in [0.29, 0.717) is 0 Å². The van der Waals surface area contributed by atoms with Gasteiger partial charge in [0.1, 0.15) is 12.3 Å². The monoisotopic (exact) mass is 460 g/mol. The number of hydrazone groups is 1. The highest BCUT2D eigenvalue weighted by Crippen LogP contribution is 2.22. The number of anilines is 1. The molecule has 2 aliphatic rings. The SMILES string of the molecule is O=C(Nc1ccc(C(=O)NCC(F)(F)F)cc1)C1=NN(C2CCS(=O)(=O)C2)C(=O)CC1. The van der Waals surface area contributed by atoms with Crippen LogP contribution in [0, 0.1) is 0 Å². The van der Waals surface area contributed by atoms with Gasteiger partial charge in [-0.3, -0.25) is 14.4 Å². The standard InChI is InChI=1S/C18H19F3N4O5S/c19-18(20,21)10-22-16(27)11-1-3-12(4-2-11)23-17(28)14-5-6-15(26)25(24-14)13-7-8-31(29,30)9-13/h1-4,13H,5-10H2,(H,22,27)(H,23,28). The number of nitrogens with zero attached hydrogens (tertiary/aromatic N) is 2. The molecule has 1 fully saturated rings. The van der Waals surface area contributed by atoms with E-state index < -0.39 is 40.4 Å². The number of benzene rings is 1. The van der Waals surface area contributed by atoms with Gasteiger partial charge in [0.15, 0.2) is 9.84 Å². The van der Waals surface area contributed by atoms with E-state index in [9.17, 15) is 36.0 Å². The third-order valence-corrected chi connectivity index (χ3v) is 6.48. The lowest BCUT2D eigenvalue weighted by atomic mass is 10.1. The number of carbonyl (C=O) groups excluding carboxylic acids is 3. The van der Waals surface area contributed by atoms with Gasteiger partial charge in [0.2, 0.25) is 5.91 Å². The summed E-state index contributed by atoms with van der Waals surface area (Å²) in [5, 5.41) is 9.40. The number of amides is 3. The van der Waals surface area contributed by atoms with E-state index in [2.05, 4.69) is 10.4 Å². The van der Waals surface area contributed by atoms with Crippen molar-refractivity contribution < 1.29 is 36.0 Å². The molecule has 0 aliphatic carbocycles. The molecule has 3 amide bonds. The highest BCUT2D eigenvalue weighted by atomic mass is 32.2. The number of carbonyl (C=O) groups is 3. The van der Waals surface area contributed by atoms with Gasteiger partial charge in [0.05, 0.1) is 17.5 Å². The van der Waals surface area contributed by atoms with Crippen LogP contribution in [0.4, 0.5) is 18.9 Å². The summed E-state index contributed by atoms with van der Waals surface area (Å²) < 4.78 is 59.9. The van der Waals surface area contributed by atoms with Crippen LogP contribution in [-0.4, -0.2) is 67.1 Å². The van der Waals surface area contributed by atoms with Crippen molar-refractivity contribution >= 4 is 39.0 Å². The summed E-state index contributed by atoms with van der Waals surface area (Å²) in [5.74, 6) is -2.11. The largest absolute Gasteiger partial charge is 0.405 e. The molecule has 0 spiro atoms. The van der Waals surface area contributed by atoms with Crippen LogP contribution in [-0.2, 0) is 19.4 Å². The van der Waals surface area contributed by atoms with Crippen molar-refractivity contribution in [3.05, 3.63) is 29.8 Å². The second kappa shape index (κ2) is 8.65. The summed E-state index contributed by atoms with van der Waals surface area (Å²) in [4.78, 5) is 36.3. The van der Waals surface area contributed by atoms with Crippen LogP contribution in [0.25, 0.3) is 0 Å². The predicted molar refractivity (Wildman–Crippen MR) is 104 cm³/mol. The maximum absolute atomic E-state index is 12.5. The van der Waals surface area contributed by atoms with Crippen LogP contribution in [0.5, 0.6) is 0 Å². The Morgan fingerprint density at radius 1 is 1.13 bits per heavy atom. The minimum Gasteiger partial charge on any atom is -0.343 e. The number of nitrogens with one attached hydrogen (secondary N) is 2. The lowest BCUT2D eigenvalue weighted by Gasteiger charge is -2.27. The lowest BCUT2D eigenvalue weighted by Crippen LogP contribution is -2.42. The molecule has 2 N–H and O–H groups in total. The zero-order chi connectivity index (χ0) is 22.8. The van der Waals surface area contributed by atoms with Gasteiger partial charge < -0.3 is 10.6 Å². The highest BCUT2D eigenvalue weighted by molar-refractivity contribution is 7.91. The van der Waals surface area contributed by atoms with E-state index in [4.69, 9.17) is 0 Å². The molecular formula is C18H19F3N4O5S. The number of rotatable bonds is 5. The van der Waals surface area contributed by atoms with Crippen molar-refractivity contribution in [2.24, 2.45) is 5.10 Å². The number of halogens is 3. The molecule has 0 bridgehead atoms. The average molecular weight is 460 g/mol. The number of sulfone groups is 1. The van der Waals surface area contributed by atoms with Crippen LogP contribution < -0.4 is 10.6 Å². The molecule has 0 radical (unpaired) electrons. The van der Waals surface area contributed by atoms with Gasteiger partial charge in [-0.25, -0.2) is 13.4 Å². The first-order valence-corrected chi connectivity index (χ1v) is 11.1. The fraction of sp³-hybridized carbons (Fsp3) is 0.444. The first-order valence-electron chi connectivity index (χ1n) is 9.30. The minimum atomic E-state index is -4.53. The Bertz CT molecular complexity index is 1020.